The fourth-order valence-electron chi connectivity index (χ4n) is 3.10. The molecule has 4 nitrogen and oxygen atoms in total. The van der Waals surface area contributed by atoms with Crippen LogP contribution >= 0.6 is 11.8 Å². The molecule has 1 aliphatic carbocycles. The summed E-state index contributed by atoms with van der Waals surface area (Å²) in [6.45, 7) is 1.60. The molecule has 0 bridgehead atoms. The minimum atomic E-state index is -0.801. The number of hydrogen-bond donors (Lipinski definition) is 1. The lowest BCUT2D eigenvalue weighted by Gasteiger charge is -2.33. The van der Waals surface area contributed by atoms with Crippen LogP contribution in [-0.2, 0) is 9.59 Å². The molecule has 2 aliphatic rings. The molecule has 0 aromatic heterocycles. The van der Waals surface area contributed by atoms with Crippen LogP contribution in [0.2, 0.25) is 0 Å². The van der Waals surface area contributed by atoms with Gasteiger partial charge in [0.25, 0.3) is 0 Å². The van der Waals surface area contributed by atoms with E-state index in [1.807, 2.05) is 16.7 Å². The van der Waals surface area contributed by atoms with E-state index < -0.39 is 11.9 Å². The molecule has 2 atom stereocenters. The van der Waals surface area contributed by atoms with Gasteiger partial charge in [-0.2, -0.15) is 11.8 Å². The van der Waals surface area contributed by atoms with Crippen LogP contribution in [-0.4, -0.2) is 46.5 Å². The quantitative estimate of drug-likeness (QED) is 0.851. The largest absolute Gasteiger partial charge is 0.481 e. The second-order valence-electron chi connectivity index (χ2n) is 5.24. The standard InChI is InChI=1S/C13H21NO3S/c1-18-9-5-7-14(8-6-9)12(15)10-3-2-4-11(10)13(16)17/h9-11H,2-8H2,1H3,(H,16,17). The van der Waals surface area contributed by atoms with E-state index >= 15 is 0 Å². The molecule has 1 saturated carbocycles. The van der Waals surface area contributed by atoms with E-state index in [9.17, 15) is 9.59 Å². The Morgan fingerprint density at radius 2 is 1.72 bits per heavy atom. The van der Waals surface area contributed by atoms with Crippen molar-refractivity contribution in [3.8, 4) is 0 Å². The van der Waals surface area contributed by atoms with Crippen LogP contribution in [0.15, 0.2) is 0 Å². The van der Waals surface area contributed by atoms with Crippen molar-refractivity contribution in [2.45, 2.75) is 37.4 Å². The van der Waals surface area contributed by atoms with Gasteiger partial charge in [-0.15, -0.1) is 0 Å². The first-order valence-electron chi connectivity index (χ1n) is 6.68. The number of carbonyl (C=O) groups excluding carboxylic acids is 1. The van der Waals surface area contributed by atoms with Crippen molar-refractivity contribution in [2.24, 2.45) is 11.8 Å². The van der Waals surface area contributed by atoms with Crippen molar-refractivity contribution < 1.29 is 14.7 Å². The van der Waals surface area contributed by atoms with Gasteiger partial charge < -0.3 is 10.0 Å². The molecule has 1 heterocycles. The number of aliphatic carboxylic acids is 1. The number of nitrogens with zero attached hydrogens (tertiary/aromatic N) is 1. The molecule has 2 rings (SSSR count). The summed E-state index contributed by atoms with van der Waals surface area (Å²) in [4.78, 5) is 25.4. The van der Waals surface area contributed by atoms with Crippen molar-refractivity contribution >= 4 is 23.6 Å². The van der Waals surface area contributed by atoms with Crippen molar-refractivity contribution in [1.82, 2.24) is 4.90 Å². The first-order valence-corrected chi connectivity index (χ1v) is 7.96. The lowest BCUT2D eigenvalue weighted by molar-refractivity contribution is -0.149. The molecule has 1 aliphatic heterocycles. The summed E-state index contributed by atoms with van der Waals surface area (Å²) < 4.78 is 0. The van der Waals surface area contributed by atoms with Gasteiger partial charge in [0.05, 0.1) is 11.8 Å². The molecule has 102 valence electrons. The fourth-order valence-corrected chi connectivity index (χ4v) is 3.78. The van der Waals surface area contributed by atoms with Crippen LogP contribution < -0.4 is 0 Å². The summed E-state index contributed by atoms with van der Waals surface area (Å²) in [5, 5.41) is 9.80. The van der Waals surface area contributed by atoms with E-state index in [2.05, 4.69) is 6.26 Å². The number of amides is 1. The first-order chi connectivity index (χ1) is 8.63. The zero-order valence-corrected chi connectivity index (χ0v) is 11.6. The first kappa shape index (κ1) is 13.7. The van der Waals surface area contributed by atoms with Crippen LogP contribution in [0.25, 0.3) is 0 Å². The topological polar surface area (TPSA) is 57.6 Å². The Bertz CT molecular complexity index is 326. The third kappa shape index (κ3) is 2.82. The lowest BCUT2D eigenvalue weighted by atomic mass is 9.94. The van der Waals surface area contributed by atoms with Gasteiger partial charge in [-0.1, -0.05) is 6.42 Å². The summed E-state index contributed by atoms with van der Waals surface area (Å²) in [6, 6.07) is 0. The van der Waals surface area contributed by atoms with Crippen molar-refractivity contribution in [3.63, 3.8) is 0 Å². The van der Waals surface area contributed by atoms with E-state index in [0.29, 0.717) is 11.7 Å². The predicted octanol–water partition coefficient (Wildman–Crippen LogP) is 1.84. The number of piperidine rings is 1. The second-order valence-corrected chi connectivity index (χ2v) is 6.38. The van der Waals surface area contributed by atoms with Gasteiger partial charge in [0.15, 0.2) is 0 Å². The maximum Gasteiger partial charge on any atom is 0.307 e. The van der Waals surface area contributed by atoms with Crippen LogP contribution in [0.1, 0.15) is 32.1 Å². The molecule has 0 spiro atoms. The smallest absolute Gasteiger partial charge is 0.307 e. The third-order valence-corrected chi connectivity index (χ3v) is 5.38. The zero-order valence-electron chi connectivity index (χ0n) is 10.8. The molecular formula is C13H21NO3S. The van der Waals surface area contributed by atoms with Gasteiger partial charge in [-0.25, -0.2) is 0 Å². The molecule has 1 saturated heterocycles. The lowest BCUT2D eigenvalue weighted by Crippen LogP contribution is -2.44. The van der Waals surface area contributed by atoms with Crippen LogP contribution in [0.4, 0.5) is 0 Å². The highest BCUT2D eigenvalue weighted by Gasteiger charge is 2.40. The third-order valence-electron chi connectivity index (χ3n) is 4.24. The number of rotatable bonds is 3. The van der Waals surface area contributed by atoms with Gasteiger partial charge in [0.2, 0.25) is 5.91 Å². The summed E-state index contributed by atoms with van der Waals surface area (Å²) in [6.07, 6.45) is 6.47. The van der Waals surface area contributed by atoms with E-state index in [1.54, 1.807) is 0 Å². The predicted molar refractivity (Wildman–Crippen MR) is 71.6 cm³/mol. The second kappa shape index (κ2) is 5.95. The maximum atomic E-state index is 12.4. The summed E-state index contributed by atoms with van der Waals surface area (Å²) in [5.74, 6) is -1.44. The molecule has 5 heteroatoms. The van der Waals surface area contributed by atoms with E-state index in [-0.39, 0.29) is 11.8 Å². The van der Waals surface area contributed by atoms with Gasteiger partial charge in [-0.05, 0) is 31.9 Å². The Morgan fingerprint density at radius 3 is 2.28 bits per heavy atom. The Balaban J connectivity index is 1.93. The fraction of sp³-hybridized carbons (Fsp3) is 0.846. The van der Waals surface area contributed by atoms with Crippen LogP contribution in [0.3, 0.4) is 0 Å². The van der Waals surface area contributed by atoms with Crippen LogP contribution in [0.5, 0.6) is 0 Å². The van der Waals surface area contributed by atoms with Crippen molar-refractivity contribution in [1.29, 1.82) is 0 Å². The normalized spacial score (nSPS) is 29.5. The maximum absolute atomic E-state index is 12.4. The van der Waals surface area contributed by atoms with E-state index in [1.165, 1.54) is 0 Å². The average Bonchev–Trinajstić information content (AvgIpc) is 2.87. The average molecular weight is 271 g/mol. The molecule has 2 fully saturated rings. The molecule has 0 aromatic carbocycles. The zero-order chi connectivity index (χ0) is 13.1. The van der Waals surface area contributed by atoms with Gasteiger partial charge in [-0.3, -0.25) is 9.59 Å². The molecule has 18 heavy (non-hydrogen) atoms. The Kier molecular flexibility index (Phi) is 4.54. The molecule has 1 amide bonds. The Hall–Kier alpha value is -0.710. The highest BCUT2D eigenvalue weighted by Crippen LogP contribution is 2.34. The monoisotopic (exact) mass is 271 g/mol. The molecular weight excluding hydrogens is 250 g/mol. The highest BCUT2D eigenvalue weighted by molar-refractivity contribution is 7.99. The van der Waals surface area contributed by atoms with Gasteiger partial charge >= 0.3 is 5.97 Å². The summed E-state index contributed by atoms with van der Waals surface area (Å²) in [7, 11) is 0. The molecule has 2 unspecified atom stereocenters. The SMILES string of the molecule is CSC1CCN(C(=O)C2CCCC2C(=O)O)CC1. The van der Waals surface area contributed by atoms with Crippen molar-refractivity contribution in [2.75, 3.05) is 19.3 Å². The number of carbonyl (C=O) groups is 2. The van der Waals surface area contributed by atoms with Gasteiger partial charge in [0, 0.05) is 18.3 Å². The van der Waals surface area contributed by atoms with E-state index in [0.717, 1.165) is 38.8 Å². The minimum Gasteiger partial charge on any atom is -0.481 e. The number of thioether (sulfide) groups is 1. The molecule has 1 N–H and O–H groups in total. The molecule has 0 radical (unpaired) electrons. The molecule has 0 aromatic rings. The Labute approximate surface area is 112 Å². The van der Waals surface area contributed by atoms with Crippen LogP contribution in [0, 0.1) is 11.8 Å². The number of likely N-dealkylation sites (tertiary alicyclic amines) is 1. The summed E-state index contributed by atoms with van der Waals surface area (Å²) in [5.41, 5.74) is 0. The van der Waals surface area contributed by atoms with Crippen molar-refractivity contribution in [3.05, 3.63) is 0 Å². The number of hydrogen-bond acceptors (Lipinski definition) is 3. The van der Waals surface area contributed by atoms with Gasteiger partial charge in [0.1, 0.15) is 0 Å². The Morgan fingerprint density at radius 1 is 1.11 bits per heavy atom. The number of carboxylic acids is 1. The number of carboxylic acid groups (broad SMARTS) is 1. The van der Waals surface area contributed by atoms with E-state index in [4.69, 9.17) is 5.11 Å². The summed E-state index contributed by atoms with van der Waals surface area (Å²) >= 11 is 1.87. The highest BCUT2D eigenvalue weighted by atomic mass is 32.2. The minimum absolute atomic E-state index is 0.0828.